The Morgan fingerprint density at radius 1 is 0.960 bits per heavy atom. The van der Waals surface area contributed by atoms with Crippen LogP contribution in [0.2, 0.25) is 0 Å². The van der Waals surface area contributed by atoms with Gasteiger partial charge in [-0.15, -0.1) is 0 Å². The maximum atomic E-state index is 12.7. The molecule has 0 aliphatic heterocycles. The third-order valence-corrected chi connectivity index (χ3v) is 5.40. The molecule has 3 aromatic rings. The first-order valence-corrected chi connectivity index (χ1v) is 9.22. The van der Waals surface area contributed by atoms with Gasteiger partial charge in [0.2, 0.25) is 0 Å². The fourth-order valence-electron chi connectivity index (χ4n) is 3.75. The first kappa shape index (κ1) is 16.1. The molecule has 3 aromatic carbocycles. The predicted octanol–water partition coefficient (Wildman–Crippen LogP) is 5.88. The van der Waals surface area contributed by atoms with E-state index in [1.54, 1.807) is 0 Å². The molecule has 2 atom stereocenters. The second-order valence-corrected chi connectivity index (χ2v) is 7.60. The Morgan fingerprint density at radius 2 is 1.76 bits per heavy atom. The van der Waals surface area contributed by atoms with Gasteiger partial charge in [-0.3, -0.25) is 4.79 Å². The molecule has 1 fully saturated rings. The molecule has 0 radical (unpaired) electrons. The second kappa shape index (κ2) is 6.48. The van der Waals surface area contributed by atoms with Crippen LogP contribution in [-0.2, 0) is 11.2 Å². The zero-order chi connectivity index (χ0) is 17.4. The van der Waals surface area contributed by atoms with Gasteiger partial charge in [0.05, 0.1) is 0 Å². The summed E-state index contributed by atoms with van der Waals surface area (Å²) in [4.78, 5) is 12.7. The van der Waals surface area contributed by atoms with Gasteiger partial charge in [-0.25, -0.2) is 0 Å². The third-order valence-electron chi connectivity index (χ3n) is 5.40. The first-order chi connectivity index (χ1) is 12.1. The van der Waals surface area contributed by atoms with E-state index in [4.69, 9.17) is 0 Å². The van der Waals surface area contributed by atoms with Crippen molar-refractivity contribution in [2.45, 2.75) is 38.5 Å². The van der Waals surface area contributed by atoms with Crippen molar-refractivity contribution in [3.63, 3.8) is 0 Å². The molecular formula is C24H24O. The smallest absolute Gasteiger partial charge is 0.140 e. The van der Waals surface area contributed by atoms with E-state index in [1.165, 1.54) is 21.9 Å². The van der Waals surface area contributed by atoms with Crippen molar-refractivity contribution in [1.82, 2.24) is 0 Å². The molecule has 0 heterocycles. The van der Waals surface area contributed by atoms with E-state index >= 15 is 0 Å². The number of carbonyl (C=O) groups is 1. The molecule has 4 rings (SSSR count). The molecular weight excluding hydrogens is 304 g/mol. The molecule has 1 saturated carbocycles. The van der Waals surface area contributed by atoms with Gasteiger partial charge in [-0.05, 0) is 45.7 Å². The summed E-state index contributed by atoms with van der Waals surface area (Å²) < 4.78 is 0. The van der Waals surface area contributed by atoms with Crippen LogP contribution in [0.15, 0.2) is 66.7 Å². The predicted molar refractivity (Wildman–Crippen MR) is 104 cm³/mol. The van der Waals surface area contributed by atoms with Gasteiger partial charge < -0.3 is 0 Å². The second-order valence-electron chi connectivity index (χ2n) is 7.60. The summed E-state index contributed by atoms with van der Waals surface area (Å²) >= 11 is 0. The molecule has 0 aromatic heterocycles. The molecule has 1 nitrogen and oxygen atoms in total. The van der Waals surface area contributed by atoms with Crippen LogP contribution in [0, 0.1) is 5.92 Å². The highest BCUT2D eigenvalue weighted by atomic mass is 16.1. The average molecular weight is 328 g/mol. The zero-order valence-corrected chi connectivity index (χ0v) is 14.9. The number of ketones is 1. The van der Waals surface area contributed by atoms with Crippen LogP contribution in [0.1, 0.15) is 48.8 Å². The molecule has 0 amide bonds. The van der Waals surface area contributed by atoms with Gasteiger partial charge in [0, 0.05) is 12.3 Å². The van der Waals surface area contributed by atoms with Crippen LogP contribution in [-0.4, -0.2) is 5.78 Å². The molecule has 0 bridgehead atoms. The number of fused-ring (bicyclic) bond motifs is 1. The van der Waals surface area contributed by atoms with Gasteiger partial charge in [0.25, 0.3) is 0 Å². The van der Waals surface area contributed by atoms with E-state index in [9.17, 15) is 4.79 Å². The molecule has 0 N–H and O–H groups in total. The Labute approximate surface area is 149 Å². The lowest BCUT2D eigenvalue weighted by Gasteiger charge is -2.08. The summed E-state index contributed by atoms with van der Waals surface area (Å²) in [6.45, 7) is 4.43. The number of rotatable bonds is 5. The highest BCUT2D eigenvalue weighted by molar-refractivity contribution is 5.89. The third kappa shape index (κ3) is 3.37. The molecule has 25 heavy (non-hydrogen) atoms. The maximum Gasteiger partial charge on any atom is 0.140 e. The van der Waals surface area contributed by atoms with Crippen molar-refractivity contribution >= 4 is 16.6 Å². The molecule has 126 valence electrons. The van der Waals surface area contributed by atoms with Gasteiger partial charge >= 0.3 is 0 Å². The summed E-state index contributed by atoms with van der Waals surface area (Å²) in [5.74, 6) is 1.54. The van der Waals surface area contributed by atoms with Gasteiger partial charge in [0.1, 0.15) is 5.78 Å². The van der Waals surface area contributed by atoms with Crippen LogP contribution in [0.3, 0.4) is 0 Å². The van der Waals surface area contributed by atoms with Crippen LogP contribution < -0.4 is 0 Å². The van der Waals surface area contributed by atoms with Crippen molar-refractivity contribution in [2.75, 3.05) is 0 Å². The van der Waals surface area contributed by atoms with Crippen LogP contribution in [0.4, 0.5) is 0 Å². The highest BCUT2D eigenvalue weighted by Crippen LogP contribution is 2.48. The Bertz CT molecular complexity index is 922. The summed E-state index contributed by atoms with van der Waals surface area (Å²) in [7, 11) is 0. The number of benzene rings is 3. The van der Waals surface area contributed by atoms with Crippen molar-refractivity contribution in [1.29, 1.82) is 0 Å². The Hall–Kier alpha value is -2.41. The number of hydrogen-bond donors (Lipinski definition) is 0. The minimum Gasteiger partial charge on any atom is -0.299 e. The molecule has 0 spiro atoms. The van der Waals surface area contributed by atoms with E-state index in [0.29, 0.717) is 24.0 Å². The zero-order valence-electron chi connectivity index (χ0n) is 14.9. The van der Waals surface area contributed by atoms with Crippen LogP contribution >= 0.6 is 0 Å². The van der Waals surface area contributed by atoms with E-state index in [0.717, 1.165) is 12.0 Å². The van der Waals surface area contributed by atoms with E-state index in [2.05, 4.69) is 68.4 Å². The normalized spacial score (nSPS) is 19.3. The fourth-order valence-corrected chi connectivity index (χ4v) is 3.75. The van der Waals surface area contributed by atoms with E-state index in [-0.39, 0.29) is 5.92 Å². The van der Waals surface area contributed by atoms with E-state index < -0.39 is 0 Å². The lowest BCUT2D eigenvalue weighted by atomic mass is 9.97. The number of Topliss-reactive ketones (excluding diaryl/α,β-unsaturated/α-hetero) is 1. The molecule has 0 saturated heterocycles. The SMILES string of the molecule is CC(C)c1cccc([C@@H]2C[C@H]2C(=O)Cc2ccc3ccccc3c2)c1. The lowest BCUT2D eigenvalue weighted by Crippen LogP contribution is -2.06. The summed E-state index contributed by atoms with van der Waals surface area (Å²) in [5, 5.41) is 2.44. The number of hydrogen-bond acceptors (Lipinski definition) is 1. The van der Waals surface area contributed by atoms with Crippen molar-refractivity contribution in [2.24, 2.45) is 5.92 Å². The lowest BCUT2D eigenvalue weighted by molar-refractivity contribution is -0.119. The Kier molecular flexibility index (Phi) is 4.17. The fraction of sp³-hybridized carbons (Fsp3) is 0.292. The Balaban J connectivity index is 1.46. The molecule has 0 unspecified atom stereocenters. The van der Waals surface area contributed by atoms with Crippen LogP contribution in [0.5, 0.6) is 0 Å². The monoisotopic (exact) mass is 328 g/mol. The average Bonchev–Trinajstić information content (AvgIpc) is 3.43. The standard InChI is InChI=1S/C24H24O/c1-16(2)19-8-5-9-21(14-19)22-15-23(22)24(25)13-17-10-11-18-6-3-4-7-20(18)12-17/h3-12,14,16,22-23H,13,15H2,1-2H3/t22-,23+/m0/s1. The topological polar surface area (TPSA) is 17.1 Å². The number of carbonyl (C=O) groups excluding carboxylic acids is 1. The van der Waals surface area contributed by atoms with Gasteiger partial charge in [0.15, 0.2) is 0 Å². The van der Waals surface area contributed by atoms with Crippen molar-refractivity contribution in [3.8, 4) is 0 Å². The van der Waals surface area contributed by atoms with E-state index in [1.807, 2.05) is 12.1 Å². The minimum atomic E-state index is 0.203. The van der Waals surface area contributed by atoms with Gasteiger partial charge in [-0.2, -0.15) is 0 Å². The molecule has 1 heteroatoms. The summed E-state index contributed by atoms with van der Waals surface area (Å²) in [5.41, 5.74) is 3.83. The summed E-state index contributed by atoms with van der Waals surface area (Å²) in [6, 6.07) is 23.5. The Morgan fingerprint density at radius 3 is 2.56 bits per heavy atom. The van der Waals surface area contributed by atoms with Gasteiger partial charge in [-0.1, -0.05) is 80.6 Å². The maximum absolute atomic E-state index is 12.7. The molecule has 1 aliphatic carbocycles. The largest absolute Gasteiger partial charge is 0.299 e. The van der Waals surface area contributed by atoms with Crippen LogP contribution in [0.25, 0.3) is 10.8 Å². The van der Waals surface area contributed by atoms with Crippen molar-refractivity contribution < 1.29 is 4.79 Å². The first-order valence-electron chi connectivity index (χ1n) is 9.22. The molecule has 1 aliphatic rings. The minimum absolute atomic E-state index is 0.203. The highest BCUT2D eigenvalue weighted by Gasteiger charge is 2.43. The quantitative estimate of drug-likeness (QED) is 0.571. The van der Waals surface area contributed by atoms with Crippen molar-refractivity contribution in [3.05, 3.63) is 83.4 Å². The summed E-state index contributed by atoms with van der Waals surface area (Å²) in [6.07, 6.45) is 1.56.